The summed E-state index contributed by atoms with van der Waals surface area (Å²) in [7, 11) is 0. The number of hydrogen-bond donors (Lipinski definition) is 0. The van der Waals surface area contributed by atoms with Gasteiger partial charge in [-0.1, -0.05) is 0 Å². The van der Waals surface area contributed by atoms with Gasteiger partial charge in [0, 0.05) is 29.6 Å². The van der Waals surface area contributed by atoms with Crippen molar-refractivity contribution in [3.8, 4) is 0 Å². The summed E-state index contributed by atoms with van der Waals surface area (Å²) in [4.78, 5) is 6.86. The summed E-state index contributed by atoms with van der Waals surface area (Å²) in [6.07, 6.45) is 4.23. The molecule has 0 aliphatic carbocycles. The van der Waals surface area contributed by atoms with Crippen molar-refractivity contribution in [3.63, 3.8) is 0 Å². The van der Waals surface area contributed by atoms with Crippen LogP contribution in [0, 0.1) is 12.8 Å². The Morgan fingerprint density at radius 3 is 2.75 bits per heavy atom. The first-order valence-corrected chi connectivity index (χ1v) is 6.96. The van der Waals surface area contributed by atoms with Crippen molar-refractivity contribution >= 4 is 33.3 Å². The van der Waals surface area contributed by atoms with Crippen LogP contribution < -0.4 is 4.90 Å². The van der Waals surface area contributed by atoms with Gasteiger partial charge in [-0.25, -0.2) is 4.98 Å². The van der Waals surface area contributed by atoms with Gasteiger partial charge in [-0.2, -0.15) is 0 Å². The fraction of sp³-hybridized carbons (Fsp3) is 0.583. The molecule has 0 N–H and O–H groups in total. The molecule has 2 nitrogen and oxygen atoms in total. The third-order valence-corrected chi connectivity index (χ3v) is 4.02. The van der Waals surface area contributed by atoms with Gasteiger partial charge in [-0.15, -0.1) is 11.6 Å². The summed E-state index contributed by atoms with van der Waals surface area (Å²) in [6, 6.07) is 2.12. The Hall–Kier alpha value is -0.280. The molecule has 0 aromatic carbocycles. The number of aryl methyl sites for hydroxylation is 1. The van der Waals surface area contributed by atoms with Crippen LogP contribution in [0.15, 0.2) is 16.7 Å². The first-order chi connectivity index (χ1) is 7.70. The number of nitrogens with zero attached hydrogens (tertiary/aromatic N) is 2. The molecule has 88 valence electrons. The molecule has 1 fully saturated rings. The largest absolute Gasteiger partial charge is 0.356 e. The number of hydrogen-bond acceptors (Lipinski definition) is 2. The smallest absolute Gasteiger partial charge is 0.131 e. The summed E-state index contributed by atoms with van der Waals surface area (Å²) in [5.74, 6) is 2.60. The van der Waals surface area contributed by atoms with Crippen molar-refractivity contribution in [2.45, 2.75) is 19.8 Å². The molecule has 1 aliphatic heterocycles. The Morgan fingerprint density at radius 1 is 1.50 bits per heavy atom. The van der Waals surface area contributed by atoms with Crippen LogP contribution in [-0.2, 0) is 0 Å². The van der Waals surface area contributed by atoms with Crippen LogP contribution in [0.5, 0.6) is 0 Å². The van der Waals surface area contributed by atoms with Crippen LogP contribution in [-0.4, -0.2) is 24.0 Å². The minimum absolute atomic E-state index is 0.689. The molecule has 4 heteroatoms. The van der Waals surface area contributed by atoms with Crippen LogP contribution in [0.3, 0.4) is 0 Å². The zero-order chi connectivity index (χ0) is 11.5. The lowest BCUT2D eigenvalue weighted by atomic mass is 9.99. The lowest BCUT2D eigenvalue weighted by Crippen LogP contribution is -2.35. The Morgan fingerprint density at radius 2 is 2.19 bits per heavy atom. The second kappa shape index (κ2) is 5.37. The number of pyridine rings is 1. The number of rotatable bonds is 2. The van der Waals surface area contributed by atoms with Gasteiger partial charge in [0.25, 0.3) is 0 Å². The first kappa shape index (κ1) is 12.2. The zero-order valence-corrected chi connectivity index (χ0v) is 11.8. The molecule has 0 unspecified atom stereocenters. The van der Waals surface area contributed by atoms with Crippen LogP contribution in [0.1, 0.15) is 18.4 Å². The molecule has 0 spiro atoms. The standard InChI is InChI=1S/C12H16BrClN2/c1-9-6-11(13)8-15-12(9)16-4-2-10(7-14)3-5-16/h6,8,10H,2-5,7H2,1H3. The Bertz CT molecular complexity index is 362. The molecule has 1 aromatic rings. The molecule has 1 aromatic heterocycles. The second-order valence-electron chi connectivity index (χ2n) is 4.38. The molecule has 0 radical (unpaired) electrons. The highest BCUT2D eigenvalue weighted by molar-refractivity contribution is 9.10. The van der Waals surface area contributed by atoms with Gasteiger partial charge in [-0.05, 0) is 53.2 Å². The van der Waals surface area contributed by atoms with E-state index in [0.29, 0.717) is 5.92 Å². The number of piperidine rings is 1. The molecule has 0 saturated carbocycles. The topological polar surface area (TPSA) is 16.1 Å². The summed E-state index contributed by atoms with van der Waals surface area (Å²) in [5, 5.41) is 0. The van der Waals surface area contributed by atoms with E-state index in [1.807, 2.05) is 6.20 Å². The van der Waals surface area contributed by atoms with Gasteiger partial charge >= 0.3 is 0 Å². The summed E-state index contributed by atoms with van der Waals surface area (Å²) in [5.41, 5.74) is 1.23. The number of anilines is 1. The molecule has 1 saturated heterocycles. The highest BCUT2D eigenvalue weighted by atomic mass is 79.9. The van der Waals surface area contributed by atoms with E-state index in [0.717, 1.165) is 29.3 Å². The predicted molar refractivity (Wildman–Crippen MR) is 72.3 cm³/mol. The molecular formula is C12H16BrClN2. The van der Waals surface area contributed by atoms with Crippen molar-refractivity contribution in [1.29, 1.82) is 0 Å². The van der Waals surface area contributed by atoms with Crippen molar-refractivity contribution in [2.75, 3.05) is 23.9 Å². The molecule has 0 bridgehead atoms. The molecule has 2 heterocycles. The summed E-state index contributed by atoms with van der Waals surface area (Å²) < 4.78 is 1.05. The van der Waals surface area contributed by atoms with Crippen molar-refractivity contribution in [3.05, 3.63) is 22.3 Å². The normalized spacial score (nSPS) is 17.8. The first-order valence-electron chi connectivity index (χ1n) is 5.63. The summed E-state index contributed by atoms with van der Waals surface area (Å²) in [6.45, 7) is 4.26. The molecular weight excluding hydrogens is 288 g/mol. The minimum Gasteiger partial charge on any atom is -0.356 e. The van der Waals surface area contributed by atoms with Gasteiger partial charge < -0.3 is 4.90 Å². The number of aromatic nitrogens is 1. The maximum Gasteiger partial charge on any atom is 0.131 e. The van der Waals surface area contributed by atoms with Crippen LogP contribution in [0.25, 0.3) is 0 Å². The van der Waals surface area contributed by atoms with Gasteiger partial charge in [0.2, 0.25) is 0 Å². The second-order valence-corrected chi connectivity index (χ2v) is 5.60. The molecule has 1 aliphatic rings. The van der Waals surface area contributed by atoms with E-state index in [-0.39, 0.29) is 0 Å². The molecule has 16 heavy (non-hydrogen) atoms. The zero-order valence-electron chi connectivity index (χ0n) is 9.42. The van der Waals surface area contributed by atoms with Gasteiger partial charge in [-0.3, -0.25) is 0 Å². The Labute approximate surface area is 110 Å². The van der Waals surface area contributed by atoms with E-state index >= 15 is 0 Å². The third kappa shape index (κ3) is 2.69. The maximum absolute atomic E-state index is 5.89. The van der Waals surface area contributed by atoms with E-state index in [2.05, 4.69) is 38.8 Å². The lowest BCUT2D eigenvalue weighted by Gasteiger charge is -2.32. The predicted octanol–water partition coefficient (Wildman–Crippen LogP) is 3.61. The molecule has 0 amide bonds. The highest BCUT2D eigenvalue weighted by Gasteiger charge is 2.20. The van der Waals surface area contributed by atoms with Crippen LogP contribution in [0.4, 0.5) is 5.82 Å². The number of alkyl halides is 1. The van der Waals surface area contributed by atoms with E-state index < -0.39 is 0 Å². The van der Waals surface area contributed by atoms with Crippen LogP contribution in [0.2, 0.25) is 0 Å². The molecule has 2 rings (SSSR count). The maximum atomic E-state index is 5.89. The average Bonchev–Trinajstić information content (AvgIpc) is 2.29. The third-order valence-electron chi connectivity index (χ3n) is 3.15. The summed E-state index contributed by atoms with van der Waals surface area (Å²) >= 11 is 9.33. The van der Waals surface area contributed by atoms with Crippen molar-refractivity contribution < 1.29 is 0 Å². The SMILES string of the molecule is Cc1cc(Br)cnc1N1CCC(CCl)CC1. The van der Waals surface area contributed by atoms with E-state index in [4.69, 9.17) is 11.6 Å². The Kier molecular flexibility index (Phi) is 4.09. The van der Waals surface area contributed by atoms with Crippen molar-refractivity contribution in [2.24, 2.45) is 5.92 Å². The van der Waals surface area contributed by atoms with Crippen LogP contribution >= 0.6 is 27.5 Å². The van der Waals surface area contributed by atoms with Gasteiger partial charge in [0.15, 0.2) is 0 Å². The monoisotopic (exact) mass is 302 g/mol. The highest BCUT2D eigenvalue weighted by Crippen LogP contribution is 2.26. The van der Waals surface area contributed by atoms with Crippen molar-refractivity contribution in [1.82, 2.24) is 4.98 Å². The van der Waals surface area contributed by atoms with E-state index in [1.165, 1.54) is 18.4 Å². The fourth-order valence-corrected chi connectivity index (χ4v) is 2.92. The lowest BCUT2D eigenvalue weighted by molar-refractivity contribution is 0.440. The average molecular weight is 304 g/mol. The van der Waals surface area contributed by atoms with E-state index in [1.54, 1.807) is 0 Å². The Balaban J connectivity index is 2.08. The quantitative estimate of drug-likeness (QED) is 0.776. The van der Waals surface area contributed by atoms with Gasteiger partial charge in [0.1, 0.15) is 5.82 Å². The van der Waals surface area contributed by atoms with Gasteiger partial charge in [0.05, 0.1) is 0 Å². The molecule has 0 atom stereocenters. The minimum atomic E-state index is 0.689. The van der Waals surface area contributed by atoms with E-state index in [9.17, 15) is 0 Å². The number of halogens is 2. The fourth-order valence-electron chi connectivity index (χ4n) is 2.16.